The molecule has 31 heavy (non-hydrogen) atoms. The van der Waals surface area contributed by atoms with Gasteiger partial charge in [-0.25, -0.2) is 0 Å². The second-order valence-corrected chi connectivity index (χ2v) is 12.7. The molecule has 184 valence electrons. The second-order valence-electron chi connectivity index (χ2n) is 11.3. The molecule has 0 radical (unpaired) electrons. The molecular weight excluding hydrogens is 406 g/mol. The van der Waals surface area contributed by atoms with Gasteiger partial charge in [0.2, 0.25) is 0 Å². The van der Waals surface area contributed by atoms with Crippen LogP contribution in [0.15, 0.2) is 0 Å². The molecule has 3 N–H and O–H groups in total. The molecule has 0 amide bonds. The number of aliphatic hydroxyl groups excluding tert-OH is 2. The summed E-state index contributed by atoms with van der Waals surface area (Å²) in [6.45, 7) is 13.3. The topological polar surface area (TPSA) is 61.7 Å². The quantitative estimate of drug-likeness (QED) is 0.489. The zero-order valence-corrected chi connectivity index (χ0v) is 21.9. The van der Waals surface area contributed by atoms with Crippen LogP contribution in [0.2, 0.25) is 0 Å². The van der Waals surface area contributed by atoms with E-state index in [1.54, 1.807) is 0 Å². The Balaban J connectivity index is 1.99. The van der Waals surface area contributed by atoms with Crippen LogP contribution in [0.25, 0.3) is 0 Å². The molecule has 0 saturated carbocycles. The number of thioether (sulfide) groups is 1. The van der Waals surface area contributed by atoms with E-state index in [9.17, 15) is 10.2 Å². The molecule has 0 aliphatic carbocycles. The van der Waals surface area contributed by atoms with E-state index in [4.69, 9.17) is 4.74 Å². The van der Waals surface area contributed by atoms with Gasteiger partial charge in [-0.15, -0.1) is 11.8 Å². The number of aliphatic hydroxyl groups is 2. The minimum absolute atomic E-state index is 0.109. The number of rotatable bonds is 3. The van der Waals surface area contributed by atoms with Crippen molar-refractivity contribution >= 4 is 11.8 Å². The van der Waals surface area contributed by atoms with Gasteiger partial charge < -0.3 is 20.3 Å². The van der Waals surface area contributed by atoms with Crippen LogP contribution in [-0.2, 0) is 4.74 Å². The molecule has 2 heterocycles. The zero-order valence-electron chi connectivity index (χ0n) is 21.1. The maximum absolute atomic E-state index is 11.1. The second kappa shape index (κ2) is 13.2. The molecule has 0 aromatic heterocycles. The van der Waals surface area contributed by atoms with Gasteiger partial charge >= 0.3 is 0 Å². The predicted octanol–water partition coefficient (Wildman–Crippen LogP) is 5.95. The van der Waals surface area contributed by atoms with Gasteiger partial charge in [-0.2, -0.15) is 0 Å². The third-order valence-electron chi connectivity index (χ3n) is 8.02. The molecule has 2 fully saturated rings. The average molecular weight is 458 g/mol. The summed E-state index contributed by atoms with van der Waals surface area (Å²) in [5, 5.41) is 26.0. The highest BCUT2D eigenvalue weighted by Crippen LogP contribution is 2.36. The summed E-state index contributed by atoms with van der Waals surface area (Å²) in [7, 11) is 0. The molecule has 8 atom stereocenters. The zero-order chi connectivity index (χ0) is 23.0. The molecule has 2 rings (SSSR count). The maximum Gasteiger partial charge on any atom is 0.154 e. The van der Waals surface area contributed by atoms with Crippen molar-refractivity contribution in [2.24, 2.45) is 23.2 Å². The van der Waals surface area contributed by atoms with Crippen LogP contribution in [0.5, 0.6) is 0 Å². The molecule has 2 unspecified atom stereocenters. The molecular formula is C26H51NO3S. The Morgan fingerprint density at radius 2 is 1.65 bits per heavy atom. The molecule has 5 heteroatoms. The van der Waals surface area contributed by atoms with Crippen molar-refractivity contribution in [3.63, 3.8) is 0 Å². The smallest absolute Gasteiger partial charge is 0.154 e. The van der Waals surface area contributed by atoms with Crippen LogP contribution < -0.4 is 5.32 Å². The van der Waals surface area contributed by atoms with E-state index in [0.29, 0.717) is 29.7 Å². The first-order chi connectivity index (χ1) is 14.6. The van der Waals surface area contributed by atoms with E-state index in [0.717, 1.165) is 19.3 Å². The third-order valence-corrected chi connectivity index (χ3v) is 9.25. The minimum atomic E-state index is -0.746. The van der Waals surface area contributed by atoms with E-state index in [1.807, 2.05) is 11.8 Å². The number of hydrogen-bond donors (Lipinski definition) is 3. The van der Waals surface area contributed by atoms with E-state index < -0.39 is 6.29 Å². The van der Waals surface area contributed by atoms with Crippen LogP contribution in [-0.4, -0.2) is 45.9 Å². The van der Waals surface area contributed by atoms with Gasteiger partial charge in [0.1, 0.15) is 0 Å². The van der Waals surface area contributed by atoms with Crippen molar-refractivity contribution in [1.29, 1.82) is 0 Å². The van der Waals surface area contributed by atoms with Gasteiger partial charge in [-0.1, -0.05) is 73.1 Å². The van der Waals surface area contributed by atoms with E-state index in [2.05, 4.69) is 46.9 Å². The van der Waals surface area contributed by atoms with Crippen molar-refractivity contribution in [2.75, 3.05) is 5.75 Å². The largest absolute Gasteiger partial charge is 0.392 e. The van der Waals surface area contributed by atoms with E-state index in [-0.39, 0.29) is 23.5 Å². The lowest BCUT2D eigenvalue weighted by molar-refractivity contribution is -0.162. The van der Waals surface area contributed by atoms with Gasteiger partial charge in [0.05, 0.1) is 17.6 Å². The maximum atomic E-state index is 11.1. The van der Waals surface area contributed by atoms with Gasteiger partial charge in [0.25, 0.3) is 0 Å². The van der Waals surface area contributed by atoms with Crippen LogP contribution >= 0.6 is 11.8 Å². The highest BCUT2D eigenvalue weighted by atomic mass is 32.2. The highest BCUT2D eigenvalue weighted by molar-refractivity contribution is 8.00. The number of nitrogens with one attached hydrogen (secondary N) is 1. The Labute approximate surface area is 196 Å². The van der Waals surface area contributed by atoms with Crippen molar-refractivity contribution in [2.45, 2.75) is 136 Å². The first-order valence-electron chi connectivity index (χ1n) is 13.0. The fourth-order valence-corrected chi connectivity index (χ4v) is 6.50. The van der Waals surface area contributed by atoms with Gasteiger partial charge in [0.15, 0.2) is 6.29 Å². The van der Waals surface area contributed by atoms with Gasteiger partial charge in [-0.3, -0.25) is 0 Å². The van der Waals surface area contributed by atoms with Gasteiger partial charge in [-0.05, 0) is 55.8 Å². The highest BCUT2D eigenvalue weighted by Gasteiger charge is 2.35. The van der Waals surface area contributed by atoms with Crippen molar-refractivity contribution in [3.8, 4) is 0 Å². The van der Waals surface area contributed by atoms with Crippen LogP contribution in [0, 0.1) is 23.2 Å². The number of ether oxygens (including phenoxy) is 1. The molecule has 0 spiro atoms. The molecule has 2 aliphatic rings. The Kier molecular flexibility index (Phi) is 11.7. The molecule has 0 aromatic carbocycles. The summed E-state index contributed by atoms with van der Waals surface area (Å²) in [5.74, 6) is 2.40. The molecule has 0 aromatic rings. The first-order valence-corrected chi connectivity index (χ1v) is 14.0. The molecule has 4 nitrogen and oxygen atoms in total. The number of hydrogen-bond acceptors (Lipinski definition) is 5. The summed E-state index contributed by atoms with van der Waals surface area (Å²) < 4.78 is 6.27. The van der Waals surface area contributed by atoms with Crippen LogP contribution in [0.1, 0.15) is 106 Å². The van der Waals surface area contributed by atoms with Gasteiger partial charge in [0, 0.05) is 11.8 Å². The fraction of sp³-hybridized carbons (Fsp3) is 1.00. The summed E-state index contributed by atoms with van der Waals surface area (Å²) in [6, 6.07) is 0.550. The summed E-state index contributed by atoms with van der Waals surface area (Å²) in [5.41, 5.74) is -0.225. The SMILES string of the molecule is CC(C[C@H]1CS[C@@H](C)N1)[C@@H]1CCCCCCC[C@H](C)[C@H](C)C(O)C(C)(C)CC[C@H](O)O1. The summed E-state index contributed by atoms with van der Waals surface area (Å²) in [6.07, 6.45) is 9.95. The third kappa shape index (κ3) is 9.16. The monoisotopic (exact) mass is 457 g/mol. The Hall–Kier alpha value is 0.190. The van der Waals surface area contributed by atoms with Crippen LogP contribution in [0.4, 0.5) is 0 Å². The van der Waals surface area contributed by atoms with E-state index >= 15 is 0 Å². The normalized spacial score (nSPS) is 40.5. The predicted molar refractivity (Wildman–Crippen MR) is 133 cm³/mol. The summed E-state index contributed by atoms with van der Waals surface area (Å²) in [4.78, 5) is 0. The standard InChI is InChI=1S/C26H51NO3S/c1-18-12-10-8-7-9-11-13-23(19(2)16-22-17-31-21(4)27-22)30-24(28)14-15-26(5,6)25(29)20(18)3/h18-25,27-29H,7-17H2,1-6H3/t18-,19?,20-,21-,22-,23-,24+,25?/m0/s1. The Morgan fingerprint density at radius 1 is 1.00 bits per heavy atom. The van der Waals surface area contributed by atoms with Crippen LogP contribution in [0.3, 0.4) is 0 Å². The summed E-state index contributed by atoms with van der Waals surface area (Å²) >= 11 is 2.00. The Morgan fingerprint density at radius 3 is 2.29 bits per heavy atom. The van der Waals surface area contributed by atoms with Crippen molar-refractivity contribution in [3.05, 3.63) is 0 Å². The lowest BCUT2D eigenvalue weighted by Gasteiger charge is -2.38. The average Bonchev–Trinajstić information content (AvgIpc) is 3.13. The molecule has 2 saturated heterocycles. The molecule has 2 aliphatic heterocycles. The fourth-order valence-electron chi connectivity index (χ4n) is 5.45. The van der Waals surface area contributed by atoms with Crippen molar-refractivity contribution in [1.82, 2.24) is 5.32 Å². The molecule has 0 bridgehead atoms. The first kappa shape index (κ1) is 27.4. The Bertz CT molecular complexity index is 503. The lowest BCUT2D eigenvalue weighted by atomic mass is 9.72. The van der Waals surface area contributed by atoms with E-state index in [1.165, 1.54) is 44.3 Å². The lowest BCUT2D eigenvalue weighted by Crippen LogP contribution is -2.39. The van der Waals surface area contributed by atoms with Crippen molar-refractivity contribution < 1.29 is 14.9 Å². The minimum Gasteiger partial charge on any atom is -0.392 e.